The fourth-order valence-corrected chi connectivity index (χ4v) is 5.36. The van der Waals surface area contributed by atoms with Crippen molar-refractivity contribution in [3.63, 3.8) is 0 Å². The third kappa shape index (κ3) is 3.47. The molecular formula is C16H13ClN2O4S2. The van der Waals surface area contributed by atoms with Gasteiger partial charge < -0.3 is 0 Å². The highest BCUT2D eigenvalue weighted by Crippen LogP contribution is 2.36. The van der Waals surface area contributed by atoms with E-state index in [4.69, 9.17) is 16.8 Å². The van der Waals surface area contributed by atoms with Gasteiger partial charge in [0.1, 0.15) is 4.21 Å². The highest BCUT2D eigenvalue weighted by molar-refractivity contribution is 7.94. The zero-order valence-electron chi connectivity index (χ0n) is 12.9. The van der Waals surface area contributed by atoms with Gasteiger partial charge >= 0.3 is 0 Å². The summed E-state index contributed by atoms with van der Waals surface area (Å²) in [5, 5.41) is 9.94. The fraction of sp³-hybridized carbons (Fsp3) is 0.0625. The van der Waals surface area contributed by atoms with E-state index >= 15 is 0 Å². The summed E-state index contributed by atoms with van der Waals surface area (Å²) in [5.74, 6) is -0.674. The van der Waals surface area contributed by atoms with Crippen LogP contribution in [0, 0.1) is 6.92 Å². The second kappa shape index (κ2) is 6.64. The highest BCUT2D eigenvalue weighted by Gasteiger charge is 2.22. The maximum Gasteiger partial charge on any atom is 0.274 e. The molecule has 0 radical (unpaired) electrons. The van der Waals surface area contributed by atoms with Crippen molar-refractivity contribution < 1.29 is 18.4 Å². The number of thiophene rings is 1. The molecule has 130 valence electrons. The second-order valence-corrected chi connectivity index (χ2v) is 8.65. The Morgan fingerprint density at radius 3 is 2.48 bits per heavy atom. The molecule has 0 aliphatic carbocycles. The summed E-state index contributed by atoms with van der Waals surface area (Å²) in [6.07, 6.45) is 0. The number of benzene rings is 2. The number of aryl methyl sites for hydroxylation is 1. The molecule has 0 bridgehead atoms. The summed E-state index contributed by atoms with van der Waals surface area (Å²) in [6, 6.07) is 10.9. The van der Waals surface area contributed by atoms with Crippen molar-refractivity contribution in [1.29, 1.82) is 0 Å². The highest BCUT2D eigenvalue weighted by atomic mass is 35.5. The van der Waals surface area contributed by atoms with E-state index in [9.17, 15) is 13.2 Å². The number of hydrogen-bond acceptors (Lipinski definition) is 5. The monoisotopic (exact) mass is 396 g/mol. The molecule has 3 aromatic rings. The van der Waals surface area contributed by atoms with E-state index in [-0.39, 0.29) is 9.77 Å². The van der Waals surface area contributed by atoms with Gasteiger partial charge in [0.15, 0.2) is 0 Å². The largest absolute Gasteiger partial charge is 0.288 e. The van der Waals surface area contributed by atoms with Crippen molar-refractivity contribution in [3.05, 3.63) is 58.6 Å². The molecule has 0 unspecified atom stereocenters. The molecule has 1 aromatic heterocycles. The minimum absolute atomic E-state index is 0.207. The van der Waals surface area contributed by atoms with E-state index in [0.717, 1.165) is 21.4 Å². The number of hydrogen-bond donors (Lipinski definition) is 3. The van der Waals surface area contributed by atoms with Crippen molar-refractivity contribution in [3.8, 4) is 0 Å². The number of sulfonamides is 1. The van der Waals surface area contributed by atoms with Gasteiger partial charge in [-0.3, -0.25) is 14.7 Å². The zero-order chi connectivity index (χ0) is 18.2. The number of amides is 1. The normalized spacial score (nSPS) is 11.5. The quantitative estimate of drug-likeness (QED) is 0.462. The molecule has 6 nitrogen and oxygen atoms in total. The number of rotatable bonds is 4. The van der Waals surface area contributed by atoms with Crippen LogP contribution in [0.2, 0.25) is 5.02 Å². The van der Waals surface area contributed by atoms with Gasteiger partial charge in [0.05, 0.1) is 0 Å². The Labute approximate surface area is 153 Å². The topological polar surface area (TPSA) is 95.5 Å². The minimum atomic E-state index is -3.78. The van der Waals surface area contributed by atoms with Gasteiger partial charge in [0, 0.05) is 21.0 Å². The second-order valence-electron chi connectivity index (χ2n) is 5.28. The predicted molar refractivity (Wildman–Crippen MR) is 98.1 cm³/mol. The third-order valence-electron chi connectivity index (χ3n) is 3.60. The lowest BCUT2D eigenvalue weighted by Gasteiger charge is -2.08. The first-order valence-corrected chi connectivity index (χ1v) is 9.75. The van der Waals surface area contributed by atoms with Gasteiger partial charge in [-0.15, -0.1) is 11.3 Å². The molecule has 9 heteroatoms. The Hall–Kier alpha value is -2.13. The Kier molecular flexibility index (Phi) is 4.70. The maximum absolute atomic E-state index is 12.7. The molecule has 1 amide bonds. The van der Waals surface area contributed by atoms with E-state index in [2.05, 4.69) is 4.72 Å². The Balaban J connectivity index is 1.94. The molecule has 25 heavy (non-hydrogen) atoms. The third-order valence-corrected chi connectivity index (χ3v) is 7.11. The summed E-state index contributed by atoms with van der Waals surface area (Å²) in [6.45, 7) is 1.73. The van der Waals surface area contributed by atoms with Gasteiger partial charge in [-0.05, 0) is 60.3 Å². The predicted octanol–water partition coefficient (Wildman–Crippen LogP) is 3.78. The van der Waals surface area contributed by atoms with Crippen LogP contribution in [-0.2, 0) is 10.0 Å². The van der Waals surface area contributed by atoms with Crippen LogP contribution < -0.4 is 10.2 Å². The van der Waals surface area contributed by atoms with Crippen molar-refractivity contribution >= 4 is 54.6 Å². The van der Waals surface area contributed by atoms with Crippen LogP contribution in [0.4, 0.5) is 5.69 Å². The lowest BCUT2D eigenvalue weighted by atomic mass is 10.2. The summed E-state index contributed by atoms with van der Waals surface area (Å²) in [4.78, 5) is 11.3. The van der Waals surface area contributed by atoms with Crippen LogP contribution in [0.3, 0.4) is 0 Å². The number of halogens is 1. The molecule has 0 atom stereocenters. The SMILES string of the molecule is Cc1c(S(=O)(=O)Nc2ccc(C(=O)NO)cc2)sc2ccc(Cl)cc12. The van der Waals surface area contributed by atoms with E-state index < -0.39 is 15.9 Å². The molecule has 0 fully saturated rings. The van der Waals surface area contributed by atoms with Crippen molar-refractivity contribution in [2.75, 3.05) is 4.72 Å². The maximum atomic E-state index is 12.7. The Morgan fingerprint density at radius 1 is 1.16 bits per heavy atom. The first-order valence-electron chi connectivity index (χ1n) is 7.08. The molecule has 1 heterocycles. The van der Waals surface area contributed by atoms with Crippen molar-refractivity contribution in [2.24, 2.45) is 0 Å². The zero-order valence-corrected chi connectivity index (χ0v) is 15.3. The smallest absolute Gasteiger partial charge is 0.274 e. The standard InChI is InChI=1S/C16H13ClN2O4S2/c1-9-13-8-11(17)4-7-14(13)24-16(9)25(22,23)19-12-5-2-10(3-6-12)15(20)18-21/h2-8,19,21H,1H3,(H,18,20). The number of carbonyl (C=O) groups is 1. The van der Waals surface area contributed by atoms with Crippen molar-refractivity contribution in [2.45, 2.75) is 11.1 Å². The average molecular weight is 397 g/mol. The first kappa shape index (κ1) is 17.7. The molecule has 0 saturated heterocycles. The molecule has 0 saturated carbocycles. The average Bonchev–Trinajstić information content (AvgIpc) is 2.92. The molecule has 2 aromatic carbocycles. The molecule has 3 rings (SSSR count). The van der Waals surface area contributed by atoms with E-state index in [1.807, 2.05) is 0 Å². The molecule has 0 aliphatic rings. The number of nitrogens with one attached hydrogen (secondary N) is 2. The van der Waals surface area contributed by atoms with E-state index in [1.165, 1.54) is 29.7 Å². The van der Waals surface area contributed by atoms with Crippen LogP contribution in [0.25, 0.3) is 10.1 Å². The number of anilines is 1. The van der Waals surface area contributed by atoms with Crippen LogP contribution >= 0.6 is 22.9 Å². The van der Waals surface area contributed by atoms with Gasteiger partial charge in [0.25, 0.3) is 15.9 Å². The van der Waals surface area contributed by atoms with Crippen molar-refractivity contribution in [1.82, 2.24) is 5.48 Å². The number of fused-ring (bicyclic) bond motifs is 1. The van der Waals surface area contributed by atoms with E-state index in [0.29, 0.717) is 16.3 Å². The Morgan fingerprint density at radius 2 is 1.84 bits per heavy atom. The Bertz CT molecular complexity index is 1060. The van der Waals surface area contributed by atoms with Crippen LogP contribution in [0.1, 0.15) is 15.9 Å². The van der Waals surface area contributed by atoms with E-state index in [1.54, 1.807) is 25.1 Å². The van der Waals surface area contributed by atoms with Crippen LogP contribution in [-0.4, -0.2) is 19.5 Å². The van der Waals surface area contributed by atoms with Crippen LogP contribution in [0.15, 0.2) is 46.7 Å². The van der Waals surface area contributed by atoms with Gasteiger partial charge in [-0.2, -0.15) is 0 Å². The summed E-state index contributed by atoms with van der Waals surface area (Å²) in [5.41, 5.74) is 2.66. The summed E-state index contributed by atoms with van der Waals surface area (Å²) in [7, 11) is -3.78. The number of carbonyl (C=O) groups excluding carboxylic acids is 1. The van der Waals surface area contributed by atoms with Gasteiger partial charge in [-0.1, -0.05) is 11.6 Å². The van der Waals surface area contributed by atoms with Gasteiger partial charge in [0.2, 0.25) is 0 Å². The first-order chi connectivity index (χ1) is 11.8. The molecular weight excluding hydrogens is 384 g/mol. The van der Waals surface area contributed by atoms with Gasteiger partial charge in [-0.25, -0.2) is 13.9 Å². The lowest BCUT2D eigenvalue weighted by molar-refractivity contribution is 0.0706. The fourth-order valence-electron chi connectivity index (χ4n) is 2.38. The summed E-state index contributed by atoms with van der Waals surface area (Å²) < 4.78 is 28.9. The summed E-state index contributed by atoms with van der Waals surface area (Å²) >= 11 is 7.15. The molecule has 0 aliphatic heterocycles. The van der Waals surface area contributed by atoms with Crippen LogP contribution in [0.5, 0.6) is 0 Å². The lowest BCUT2D eigenvalue weighted by Crippen LogP contribution is -2.18. The molecule has 3 N–H and O–H groups in total. The molecule has 0 spiro atoms. The number of hydroxylamine groups is 1. The minimum Gasteiger partial charge on any atom is -0.288 e.